The first-order valence-electron chi connectivity index (χ1n) is 16.4. The van der Waals surface area contributed by atoms with Gasteiger partial charge in [0.1, 0.15) is 0 Å². The van der Waals surface area contributed by atoms with Crippen molar-refractivity contribution in [3.63, 3.8) is 0 Å². The maximum Gasteiger partial charge on any atom is 0.303 e. The minimum atomic E-state index is -0.990. The van der Waals surface area contributed by atoms with E-state index in [9.17, 15) is 14.7 Å². The first kappa shape index (κ1) is 33.2. The van der Waals surface area contributed by atoms with Crippen LogP contribution in [0.5, 0.6) is 0 Å². The van der Waals surface area contributed by atoms with Crippen LogP contribution in [0.4, 0.5) is 5.95 Å². The third-order valence-corrected chi connectivity index (χ3v) is 8.78. The van der Waals surface area contributed by atoms with Gasteiger partial charge in [-0.25, -0.2) is 9.97 Å². The van der Waals surface area contributed by atoms with Crippen LogP contribution in [-0.2, 0) is 32.2 Å². The lowest BCUT2D eigenvalue weighted by Crippen LogP contribution is -2.50. The Hall–Kier alpha value is -4.68. The number of hydrogen-bond donors (Lipinski definition) is 3. The molecule has 0 saturated carbocycles. The summed E-state index contributed by atoms with van der Waals surface area (Å²) in [7, 11) is 0. The minimum absolute atomic E-state index is 0.00313. The molecule has 3 aromatic carbocycles. The van der Waals surface area contributed by atoms with Gasteiger partial charge in [0.2, 0.25) is 11.9 Å². The lowest BCUT2D eigenvalue weighted by molar-refractivity contribution is -0.253. The molecule has 48 heavy (non-hydrogen) atoms. The summed E-state index contributed by atoms with van der Waals surface area (Å²) in [5, 5.41) is 21.1. The summed E-state index contributed by atoms with van der Waals surface area (Å²) in [6.45, 7) is 4.58. The molecule has 3 heterocycles. The van der Waals surface area contributed by atoms with Crippen molar-refractivity contribution in [1.29, 1.82) is 0 Å². The second-order valence-corrected chi connectivity index (χ2v) is 12.2. The Labute approximate surface area is 280 Å². The zero-order valence-corrected chi connectivity index (χ0v) is 26.8. The second-order valence-electron chi connectivity index (χ2n) is 12.2. The van der Waals surface area contributed by atoms with Crippen molar-refractivity contribution < 1.29 is 29.3 Å². The number of anilines is 1. The summed E-state index contributed by atoms with van der Waals surface area (Å²) in [6.07, 6.45) is 3.27. The Bertz CT molecular complexity index is 1650. The number of piperazine rings is 1. The highest BCUT2D eigenvalue weighted by molar-refractivity contribution is 5.80. The first-order chi connectivity index (χ1) is 23.4. The number of aromatic nitrogens is 2. The lowest BCUT2D eigenvalue weighted by atomic mass is 9.98. The van der Waals surface area contributed by atoms with Gasteiger partial charge in [0, 0.05) is 70.1 Å². The van der Waals surface area contributed by atoms with Gasteiger partial charge >= 0.3 is 5.97 Å². The van der Waals surface area contributed by atoms with Gasteiger partial charge < -0.3 is 29.9 Å². The second kappa shape index (κ2) is 15.9. The van der Waals surface area contributed by atoms with Crippen molar-refractivity contribution in [3.05, 3.63) is 114 Å². The van der Waals surface area contributed by atoms with E-state index in [1.165, 1.54) is 0 Å². The standard InChI is InChI=1S/C37H41N5O6/c43-25-26-5-7-29(8-6-26)33-22-32(24-41-17-19-42(20-18-41)37-38-15-2-16-39-37)47-36(48-33)30-11-9-28(10-12-30)31-4-1-3-27(21-31)23-40-34(44)13-14-35(45)46/h1-12,15-16,21,32-33,36,43H,13-14,17-20,22-25H2,(H,40,44)(H,45,46)/t32-,33+,36+/m1/s1. The van der Waals surface area contributed by atoms with Crippen LogP contribution in [0.3, 0.4) is 0 Å². The fourth-order valence-electron chi connectivity index (χ4n) is 6.11. The van der Waals surface area contributed by atoms with Crippen molar-refractivity contribution in [1.82, 2.24) is 20.2 Å². The number of carboxylic acid groups (broad SMARTS) is 1. The Morgan fingerprint density at radius 3 is 2.25 bits per heavy atom. The number of aliphatic hydroxyl groups is 1. The van der Waals surface area contributed by atoms with Crippen LogP contribution in [0, 0.1) is 0 Å². The number of rotatable bonds is 12. The number of carbonyl (C=O) groups is 2. The van der Waals surface area contributed by atoms with E-state index in [0.717, 1.165) is 72.1 Å². The number of aliphatic carboxylic acids is 1. The molecule has 0 spiro atoms. The van der Waals surface area contributed by atoms with Crippen LogP contribution in [0.2, 0.25) is 0 Å². The summed E-state index contributed by atoms with van der Waals surface area (Å²) in [4.78, 5) is 36.2. The van der Waals surface area contributed by atoms with E-state index in [1.807, 2.05) is 78.9 Å². The van der Waals surface area contributed by atoms with Crippen molar-refractivity contribution in [3.8, 4) is 11.1 Å². The van der Waals surface area contributed by atoms with Gasteiger partial charge in [-0.2, -0.15) is 0 Å². The van der Waals surface area contributed by atoms with Crippen LogP contribution < -0.4 is 10.2 Å². The molecular formula is C37H41N5O6. The van der Waals surface area contributed by atoms with Crippen LogP contribution in [0.1, 0.15) is 53.9 Å². The number of benzene rings is 3. The van der Waals surface area contributed by atoms with Crippen LogP contribution in [-0.4, -0.2) is 75.8 Å². The SMILES string of the molecule is O=C(O)CCC(=O)NCc1cccc(-c2ccc([C@H]3O[C@@H](CN4CCN(c5ncccn5)CC4)C[C@@H](c4ccc(CO)cc4)O3)cc2)c1. The van der Waals surface area contributed by atoms with Gasteiger partial charge in [-0.05, 0) is 39.9 Å². The molecule has 4 aromatic rings. The highest BCUT2D eigenvalue weighted by Crippen LogP contribution is 2.38. The van der Waals surface area contributed by atoms with Gasteiger partial charge in [0.05, 0.1) is 25.2 Å². The number of hydrogen-bond acceptors (Lipinski definition) is 9. The van der Waals surface area contributed by atoms with E-state index >= 15 is 0 Å². The highest BCUT2D eigenvalue weighted by Gasteiger charge is 2.34. The van der Waals surface area contributed by atoms with Gasteiger partial charge in [0.25, 0.3) is 0 Å². The molecule has 3 atom stereocenters. The maximum absolute atomic E-state index is 12.0. The van der Waals surface area contributed by atoms with Gasteiger partial charge in [0.15, 0.2) is 6.29 Å². The van der Waals surface area contributed by atoms with E-state index in [4.69, 9.17) is 14.6 Å². The van der Waals surface area contributed by atoms with E-state index in [0.29, 0.717) is 13.0 Å². The van der Waals surface area contributed by atoms with E-state index in [2.05, 4.69) is 25.1 Å². The van der Waals surface area contributed by atoms with Crippen LogP contribution >= 0.6 is 0 Å². The van der Waals surface area contributed by atoms with Crippen molar-refractivity contribution in [2.45, 2.75) is 50.9 Å². The Kier molecular flexibility index (Phi) is 11.0. The molecule has 0 unspecified atom stereocenters. The summed E-state index contributed by atoms with van der Waals surface area (Å²) in [5.74, 6) is -0.513. The molecule has 0 bridgehead atoms. The van der Waals surface area contributed by atoms with E-state index < -0.39 is 12.3 Å². The fourth-order valence-corrected chi connectivity index (χ4v) is 6.11. The summed E-state index contributed by atoms with van der Waals surface area (Å²) >= 11 is 0. The van der Waals surface area contributed by atoms with Crippen molar-refractivity contribution in [2.24, 2.45) is 0 Å². The number of carboxylic acids is 1. The number of nitrogens with one attached hydrogen (secondary N) is 1. The topological polar surface area (TPSA) is 137 Å². The molecule has 11 nitrogen and oxygen atoms in total. The lowest BCUT2D eigenvalue weighted by Gasteiger charge is -2.40. The normalized spacial score (nSPS) is 19.9. The summed E-state index contributed by atoms with van der Waals surface area (Å²) in [5.41, 5.74) is 5.78. The number of ether oxygens (including phenoxy) is 2. The van der Waals surface area contributed by atoms with Crippen LogP contribution in [0.25, 0.3) is 11.1 Å². The Balaban J connectivity index is 1.12. The monoisotopic (exact) mass is 651 g/mol. The molecule has 250 valence electrons. The minimum Gasteiger partial charge on any atom is -0.481 e. The molecule has 11 heteroatoms. The number of carbonyl (C=O) groups excluding carboxylic acids is 1. The summed E-state index contributed by atoms with van der Waals surface area (Å²) in [6, 6.07) is 25.8. The first-order valence-corrected chi connectivity index (χ1v) is 16.4. The number of nitrogens with zero attached hydrogens (tertiary/aromatic N) is 4. The zero-order chi connectivity index (χ0) is 33.3. The van der Waals surface area contributed by atoms with E-state index in [-0.39, 0.29) is 37.6 Å². The molecule has 3 N–H and O–H groups in total. The predicted octanol–water partition coefficient (Wildman–Crippen LogP) is 4.48. The van der Waals surface area contributed by atoms with Crippen molar-refractivity contribution >= 4 is 17.8 Å². The highest BCUT2D eigenvalue weighted by atomic mass is 16.7. The molecule has 6 rings (SSSR count). The summed E-state index contributed by atoms with van der Waals surface area (Å²) < 4.78 is 13.2. The Morgan fingerprint density at radius 2 is 1.54 bits per heavy atom. The predicted molar refractivity (Wildman–Crippen MR) is 180 cm³/mol. The number of amides is 1. The van der Waals surface area contributed by atoms with Gasteiger partial charge in [-0.1, -0.05) is 66.7 Å². The molecule has 2 aliphatic rings. The van der Waals surface area contributed by atoms with Gasteiger partial charge in [-0.15, -0.1) is 0 Å². The third kappa shape index (κ3) is 8.81. The average molecular weight is 652 g/mol. The molecular weight excluding hydrogens is 610 g/mol. The fraction of sp³-hybridized carbons (Fsp3) is 0.351. The molecule has 2 aliphatic heterocycles. The Morgan fingerprint density at radius 1 is 0.812 bits per heavy atom. The zero-order valence-electron chi connectivity index (χ0n) is 26.8. The molecule has 0 aliphatic carbocycles. The number of aliphatic hydroxyl groups excluding tert-OH is 1. The third-order valence-electron chi connectivity index (χ3n) is 8.78. The maximum atomic E-state index is 12.0. The van der Waals surface area contributed by atoms with Crippen LogP contribution in [0.15, 0.2) is 91.3 Å². The molecule has 1 amide bonds. The average Bonchev–Trinajstić information content (AvgIpc) is 3.14. The largest absolute Gasteiger partial charge is 0.481 e. The smallest absolute Gasteiger partial charge is 0.303 e. The van der Waals surface area contributed by atoms with Crippen molar-refractivity contribution in [2.75, 3.05) is 37.6 Å². The molecule has 2 fully saturated rings. The quantitative estimate of drug-likeness (QED) is 0.201. The molecule has 0 radical (unpaired) electrons. The van der Waals surface area contributed by atoms with E-state index in [1.54, 1.807) is 12.4 Å². The molecule has 1 aromatic heterocycles. The molecule has 2 saturated heterocycles. The van der Waals surface area contributed by atoms with Gasteiger partial charge in [-0.3, -0.25) is 14.5 Å².